The molecule has 164 valence electrons. The quantitative estimate of drug-likeness (QED) is 0.534. The van der Waals surface area contributed by atoms with E-state index in [-0.39, 0.29) is 17.9 Å². The first-order valence-corrected chi connectivity index (χ1v) is 11.3. The summed E-state index contributed by atoms with van der Waals surface area (Å²) in [5, 5.41) is 4.60. The smallest absolute Gasteiger partial charge is 0.410 e. The van der Waals surface area contributed by atoms with Crippen LogP contribution in [0.4, 0.5) is 4.79 Å². The van der Waals surface area contributed by atoms with Gasteiger partial charge in [-0.2, -0.15) is 5.10 Å². The van der Waals surface area contributed by atoms with Gasteiger partial charge < -0.3 is 14.1 Å². The van der Waals surface area contributed by atoms with Crippen molar-refractivity contribution in [1.29, 1.82) is 0 Å². The molecule has 0 spiro atoms. The Hall–Kier alpha value is -2.58. The molecule has 0 saturated carbocycles. The number of aromatic nitrogens is 2. The fraction of sp³-hybridized carbons (Fsp3) is 0.409. The van der Waals surface area contributed by atoms with Gasteiger partial charge >= 0.3 is 6.09 Å². The van der Waals surface area contributed by atoms with Gasteiger partial charge in [0, 0.05) is 29.6 Å². The van der Waals surface area contributed by atoms with Crippen molar-refractivity contribution in [2.75, 3.05) is 13.1 Å². The van der Waals surface area contributed by atoms with Crippen molar-refractivity contribution in [1.82, 2.24) is 14.7 Å². The van der Waals surface area contributed by atoms with E-state index in [1.165, 1.54) is 28.5 Å². The molecule has 9 heteroatoms. The van der Waals surface area contributed by atoms with E-state index in [2.05, 4.69) is 5.10 Å². The lowest BCUT2D eigenvalue weighted by Crippen LogP contribution is -2.50. The maximum atomic E-state index is 13.0. The van der Waals surface area contributed by atoms with Gasteiger partial charge in [0.2, 0.25) is 0 Å². The molecule has 1 aliphatic heterocycles. The first-order chi connectivity index (χ1) is 14.7. The Balaban J connectivity index is 1.50. The Kier molecular flexibility index (Phi) is 5.94. The molecule has 3 aromatic rings. The number of hydrogen-bond donors (Lipinski definition) is 0. The third-order valence-electron chi connectivity index (χ3n) is 4.97. The second kappa shape index (κ2) is 8.51. The summed E-state index contributed by atoms with van der Waals surface area (Å²) < 4.78 is 12.7. The van der Waals surface area contributed by atoms with E-state index in [0.29, 0.717) is 25.1 Å². The number of thiophene rings is 1. The number of furan rings is 1. The molecule has 1 saturated heterocycles. The highest BCUT2D eigenvalue weighted by Gasteiger charge is 2.36. The number of likely N-dealkylation sites (tertiary alicyclic amines) is 1. The molecule has 0 bridgehead atoms. The SMILES string of the molecule is CC(C)(C)OC(=O)N1CC(c2cc(CCc3ccc(Cl)s3)n(C(=O)c3ccoc3)n2)C1. The van der Waals surface area contributed by atoms with Gasteiger partial charge in [0.05, 0.1) is 21.9 Å². The van der Waals surface area contributed by atoms with E-state index in [4.69, 9.17) is 20.8 Å². The van der Waals surface area contributed by atoms with Gasteiger partial charge in [-0.05, 0) is 57.9 Å². The van der Waals surface area contributed by atoms with Crippen LogP contribution in [0.3, 0.4) is 0 Å². The summed E-state index contributed by atoms with van der Waals surface area (Å²) >= 11 is 7.57. The van der Waals surface area contributed by atoms with Crippen LogP contribution >= 0.6 is 22.9 Å². The second-order valence-corrected chi connectivity index (χ2v) is 10.4. The van der Waals surface area contributed by atoms with E-state index in [1.54, 1.807) is 11.0 Å². The molecule has 1 aliphatic rings. The Morgan fingerprint density at radius 1 is 1.26 bits per heavy atom. The van der Waals surface area contributed by atoms with Crippen LogP contribution in [-0.4, -0.2) is 45.4 Å². The molecule has 0 radical (unpaired) electrons. The zero-order chi connectivity index (χ0) is 22.2. The van der Waals surface area contributed by atoms with Crippen LogP contribution in [-0.2, 0) is 17.6 Å². The summed E-state index contributed by atoms with van der Waals surface area (Å²) in [5.41, 5.74) is 1.54. The number of rotatable bonds is 5. The highest BCUT2D eigenvalue weighted by atomic mass is 35.5. The van der Waals surface area contributed by atoms with Crippen molar-refractivity contribution in [3.05, 3.63) is 63.0 Å². The maximum Gasteiger partial charge on any atom is 0.410 e. The fourth-order valence-electron chi connectivity index (χ4n) is 3.38. The first kappa shape index (κ1) is 21.6. The molecule has 4 rings (SSSR count). The van der Waals surface area contributed by atoms with Crippen molar-refractivity contribution in [3.8, 4) is 0 Å². The van der Waals surface area contributed by atoms with E-state index >= 15 is 0 Å². The maximum absolute atomic E-state index is 13.0. The summed E-state index contributed by atoms with van der Waals surface area (Å²) in [4.78, 5) is 28.0. The van der Waals surface area contributed by atoms with Crippen molar-refractivity contribution < 1.29 is 18.7 Å². The molecule has 31 heavy (non-hydrogen) atoms. The van der Waals surface area contributed by atoms with Gasteiger partial charge in [-0.3, -0.25) is 4.79 Å². The monoisotopic (exact) mass is 461 g/mol. The molecule has 0 N–H and O–H groups in total. The molecule has 0 aliphatic carbocycles. The van der Waals surface area contributed by atoms with Crippen LogP contribution in [0.5, 0.6) is 0 Å². The van der Waals surface area contributed by atoms with Crippen molar-refractivity contribution in [3.63, 3.8) is 0 Å². The molecule has 0 unspecified atom stereocenters. The molecule has 1 amide bonds. The Bertz CT molecular complexity index is 1070. The molecule has 0 atom stereocenters. The molecule has 7 nitrogen and oxygen atoms in total. The average Bonchev–Trinajstić information content (AvgIpc) is 3.37. The van der Waals surface area contributed by atoms with Gasteiger partial charge in [0.15, 0.2) is 0 Å². The number of hydrogen-bond acceptors (Lipinski definition) is 6. The molecular weight excluding hydrogens is 438 g/mol. The van der Waals surface area contributed by atoms with Gasteiger partial charge in [-0.25, -0.2) is 9.48 Å². The number of halogens is 1. The predicted octanol–water partition coefficient (Wildman–Crippen LogP) is 5.00. The first-order valence-electron chi connectivity index (χ1n) is 10.1. The third kappa shape index (κ3) is 5.02. The summed E-state index contributed by atoms with van der Waals surface area (Å²) in [7, 11) is 0. The number of carbonyl (C=O) groups excluding carboxylic acids is 2. The van der Waals surface area contributed by atoms with E-state index in [1.807, 2.05) is 39.0 Å². The highest BCUT2D eigenvalue weighted by molar-refractivity contribution is 7.16. The van der Waals surface area contributed by atoms with Crippen LogP contribution in [0.2, 0.25) is 4.34 Å². The molecule has 3 aromatic heterocycles. The van der Waals surface area contributed by atoms with Gasteiger partial charge in [-0.1, -0.05) is 11.6 Å². The fourth-order valence-corrected chi connectivity index (χ4v) is 4.47. The minimum atomic E-state index is -0.529. The largest absolute Gasteiger partial charge is 0.472 e. The van der Waals surface area contributed by atoms with Gasteiger partial charge in [0.25, 0.3) is 5.91 Å². The summed E-state index contributed by atoms with van der Waals surface area (Å²) in [6.45, 7) is 6.58. The second-order valence-electron chi connectivity index (χ2n) is 8.58. The predicted molar refractivity (Wildman–Crippen MR) is 118 cm³/mol. The number of nitrogens with zero attached hydrogens (tertiary/aromatic N) is 3. The lowest BCUT2D eigenvalue weighted by atomic mass is 9.96. The van der Waals surface area contributed by atoms with Crippen LogP contribution in [0.1, 0.15) is 53.3 Å². The molecule has 1 fully saturated rings. The van der Waals surface area contributed by atoms with E-state index < -0.39 is 5.60 Å². The van der Waals surface area contributed by atoms with E-state index in [9.17, 15) is 9.59 Å². The Morgan fingerprint density at radius 3 is 2.65 bits per heavy atom. The molecule has 0 aromatic carbocycles. The number of ether oxygens (including phenoxy) is 1. The van der Waals surface area contributed by atoms with Crippen molar-refractivity contribution >= 4 is 34.9 Å². The van der Waals surface area contributed by atoms with Crippen LogP contribution < -0.4 is 0 Å². The minimum Gasteiger partial charge on any atom is -0.472 e. The highest BCUT2D eigenvalue weighted by Crippen LogP contribution is 2.29. The number of amides is 1. The lowest BCUT2D eigenvalue weighted by molar-refractivity contribution is 0.00780. The lowest BCUT2D eigenvalue weighted by Gasteiger charge is -2.38. The van der Waals surface area contributed by atoms with E-state index in [0.717, 1.165) is 27.0 Å². The van der Waals surface area contributed by atoms with Crippen LogP contribution in [0.25, 0.3) is 0 Å². The standard InChI is InChI=1S/C22H24ClN3O4S/c1-22(2,3)30-21(28)25-11-15(12-25)18-10-16(4-5-17-6-7-19(23)31-17)26(24-18)20(27)14-8-9-29-13-14/h6-10,13,15H,4-5,11-12H2,1-3H3. The number of carbonyl (C=O) groups is 2. The normalized spacial score (nSPS) is 14.5. The Labute approximate surface area is 189 Å². The van der Waals surface area contributed by atoms with Crippen LogP contribution in [0, 0.1) is 0 Å². The van der Waals surface area contributed by atoms with Crippen molar-refractivity contribution in [2.24, 2.45) is 0 Å². The summed E-state index contributed by atoms with van der Waals surface area (Å²) in [5.74, 6) is -0.164. The molecule has 4 heterocycles. The molecular formula is C22H24ClN3O4S. The summed E-state index contributed by atoms with van der Waals surface area (Å²) in [6, 6.07) is 7.46. The topological polar surface area (TPSA) is 77.6 Å². The van der Waals surface area contributed by atoms with Crippen LogP contribution in [0.15, 0.2) is 41.2 Å². The van der Waals surface area contributed by atoms with Gasteiger partial charge in [0.1, 0.15) is 11.9 Å². The zero-order valence-electron chi connectivity index (χ0n) is 17.6. The Morgan fingerprint density at radius 2 is 2.03 bits per heavy atom. The number of aryl methyl sites for hydroxylation is 2. The van der Waals surface area contributed by atoms with Gasteiger partial charge in [-0.15, -0.1) is 11.3 Å². The summed E-state index contributed by atoms with van der Waals surface area (Å²) in [6.07, 6.45) is 3.97. The average molecular weight is 462 g/mol. The van der Waals surface area contributed by atoms with Crippen molar-refractivity contribution in [2.45, 2.75) is 45.1 Å². The minimum absolute atomic E-state index is 0.0702. The third-order valence-corrected chi connectivity index (χ3v) is 6.26. The zero-order valence-corrected chi connectivity index (χ0v) is 19.2.